The van der Waals surface area contributed by atoms with Gasteiger partial charge in [0, 0.05) is 24.7 Å². The molecule has 1 fully saturated rings. The largest absolute Gasteiger partial charge is 0.497 e. The first-order valence-corrected chi connectivity index (χ1v) is 12.7. The number of nitrogens with one attached hydrogen (secondary N) is 1. The van der Waals surface area contributed by atoms with Crippen LogP contribution >= 0.6 is 11.8 Å². The van der Waals surface area contributed by atoms with Gasteiger partial charge in [-0.1, -0.05) is 48.2 Å². The molecule has 1 aliphatic rings. The molecule has 0 aliphatic carbocycles. The van der Waals surface area contributed by atoms with Gasteiger partial charge in [-0.15, -0.1) is 0 Å². The molecule has 0 bridgehead atoms. The maximum absolute atomic E-state index is 13.2. The van der Waals surface area contributed by atoms with E-state index < -0.39 is 5.25 Å². The van der Waals surface area contributed by atoms with E-state index in [1.165, 1.54) is 11.8 Å². The van der Waals surface area contributed by atoms with Crippen LogP contribution in [-0.4, -0.2) is 47.4 Å². The number of thioether (sulfide) groups is 1. The Morgan fingerprint density at radius 2 is 1.83 bits per heavy atom. The molecule has 0 spiro atoms. The summed E-state index contributed by atoms with van der Waals surface area (Å²) >= 11 is 1.31. The summed E-state index contributed by atoms with van der Waals surface area (Å²) in [5.41, 5.74) is 2.44. The van der Waals surface area contributed by atoms with Gasteiger partial charge in [0.1, 0.15) is 16.7 Å². The molecule has 0 radical (unpaired) electrons. The lowest BCUT2D eigenvalue weighted by atomic mass is 10.1. The van der Waals surface area contributed by atoms with E-state index in [0.29, 0.717) is 36.2 Å². The molecule has 0 aromatic heterocycles. The van der Waals surface area contributed by atoms with Crippen molar-refractivity contribution in [3.8, 4) is 11.5 Å². The van der Waals surface area contributed by atoms with E-state index in [9.17, 15) is 9.59 Å². The fraction of sp³-hybridized carbons (Fsp3) is 0.250. The summed E-state index contributed by atoms with van der Waals surface area (Å²) in [6, 6.07) is 24.5. The number of hydrogen-bond acceptors (Lipinski definition) is 6. The number of anilines is 1. The van der Waals surface area contributed by atoms with Gasteiger partial charge in [-0.2, -0.15) is 0 Å². The van der Waals surface area contributed by atoms with Crippen LogP contribution in [0.1, 0.15) is 18.9 Å². The SMILES string of the molecule is CCOc1cccc(NC(=O)C2CC(=O)N(CCc3ccc(OC)cc3)C(=Nc3ccccc3)S2)c1. The van der Waals surface area contributed by atoms with Crippen molar-refractivity contribution in [3.63, 3.8) is 0 Å². The molecule has 3 aromatic rings. The number of carbonyl (C=O) groups is 2. The second kappa shape index (κ2) is 12.3. The molecule has 36 heavy (non-hydrogen) atoms. The average Bonchev–Trinajstić information content (AvgIpc) is 2.89. The lowest BCUT2D eigenvalue weighted by Crippen LogP contribution is -2.46. The Labute approximate surface area is 215 Å². The van der Waals surface area contributed by atoms with Gasteiger partial charge < -0.3 is 14.8 Å². The minimum absolute atomic E-state index is 0.0953. The highest BCUT2D eigenvalue weighted by atomic mass is 32.2. The Hall–Kier alpha value is -3.78. The number of nitrogens with zero attached hydrogens (tertiary/aromatic N) is 2. The second-order valence-electron chi connectivity index (χ2n) is 8.13. The summed E-state index contributed by atoms with van der Waals surface area (Å²) in [7, 11) is 1.63. The van der Waals surface area contributed by atoms with Gasteiger partial charge in [-0.05, 0) is 55.3 Å². The number of carbonyl (C=O) groups excluding carboxylic acids is 2. The van der Waals surface area contributed by atoms with Gasteiger partial charge in [0.2, 0.25) is 11.8 Å². The normalized spacial score (nSPS) is 16.6. The highest BCUT2D eigenvalue weighted by molar-refractivity contribution is 8.15. The molecule has 3 aromatic carbocycles. The molecule has 0 saturated carbocycles. The molecule has 8 heteroatoms. The van der Waals surface area contributed by atoms with Crippen molar-refractivity contribution < 1.29 is 19.1 Å². The fourth-order valence-corrected chi connectivity index (χ4v) is 4.89. The third-order valence-corrected chi connectivity index (χ3v) is 6.80. The molecule has 1 atom stereocenters. The van der Waals surface area contributed by atoms with Crippen molar-refractivity contribution in [2.45, 2.75) is 25.0 Å². The Balaban J connectivity index is 1.50. The summed E-state index contributed by atoms with van der Waals surface area (Å²) in [5, 5.41) is 2.85. The van der Waals surface area contributed by atoms with E-state index in [4.69, 9.17) is 14.5 Å². The first kappa shape index (κ1) is 25.3. The number of rotatable bonds is 9. The maximum Gasteiger partial charge on any atom is 0.238 e. The van der Waals surface area contributed by atoms with Crippen molar-refractivity contribution >= 4 is 40.1 Å². The zero-order valence-corrected chi connectivity index (χ0v) is 21.2. The molecular formula is C28H29N3O4S. The Kier molecular flexibility index (Phi) is 8.62. The molecule has 1 unspecified atom stereocenters. The quantitative estimate of drug-likeness (QED) is 0.429. The number of amidine groups is 1. The first-order valence-electron chi connectivity index (χ1n) is 11.8. The lowest BCUT2D eigenvalue weighted by Gasteiger charge is -2.32. The molecule has 1 N–H and O–H groups in total. The van der Waals surface area contributed by atoms with E-state index in [-0.39, 0.29) is 18.2 Å². The number of amides is 2. The number of para-hydroxylation sites is 1. The van der Waals surface area contributed by atoms with Crippen molar-refractivity contribution in [2.24, 2.45) is 4.99 Å². The maximum atomic E-state index is 13.2. The van der Waals surface area contributed by atoms with Crippen molar-refractivity contribution in [2.75, 3.05) is 25.6 Å². The number of hydrogen-bond donors (Lipinski definition) is 1. The average molecular weight is 504 g/mol. The van der Waals surface area contributed by atoms with Crippen LogP contribution in [0.15, 0.2) is 83.9 Å². The van der Waals surface area contributed by atoms with Crippen molar-refractivity contribution in [1.82, 2.24) is 4.90 Å². The van der Waals surface area contributed by atoms with Crippen LogP contribution in [0.3, 0.4) is 0 Å². The zero-order chi connectivity index (χ0) is 25.3. The van der Waals surface area contributed by atoms with Gasteiger partial charge in [0.05, 0.1) is 19.4 Å². The smallest absolute Gasteiger partial charge is 0.238 e. The summed E-state index contributed by atoms with van der Waals surface area (Å²) < 4.78 is 10.7. The molecule has 186 valence electrons. The lowest BCUT2D eigenvalue weighted by molar-refractivity contribution is -0.129. The first-order chi connectivity index (χ1) is 17.6. The third kappa shape index (κ3) is 6.66. The third-order valence-electron chi connectivity index (χ3n) is 5.61. The van der Waals surface area contributed by atoms with E-state index in [0.717, 1.165) is 17.0 Å². The molecule has 4 rings (SSSR count). The van der Waals surface area contributed by atoms with Gasteiger partial charge in [0.15, 0.2) is 5.17 Å². The Bertz CT molecular complexity index is 1210. The van der Waals surface area contributed by atoms with Crippen molar-refractivity contribution in [3.05, 3.63) is 84.4 Å². The number of benzene rings is 3. The highest BCUT2D eigenvalue weighted by Crippen LogP contribution is 2.30. The molecule has 7 nitrogen and oxygen atoms in total. The van der Waals surface area contributed by atoms with Crippen LogP contribution in [0.4, 0.5) is 11.4 Å². The standard InChI is InChI=1S/C28H29N3O4S/c1-3-35-24-11-7-10-22(18-24)29-27(33)25-19-26(32)31(17-16-20-12-14-23(34-2)15-13-20)28(36-25)30-21-8-5-4-6-9-21/h4-15,18,25H,3,16-17,19H2,1-2H3,(H,29,33). The second-order valence-corrected chi connectivity index (χ2v) is 9.30. The molecule has 2 amide bonds. The van der Waals surface area contributed by atoms with E-state index in [2.05, 4.69) is 5.32 Å². The minimum Gasteiger partial charge on any atom is -0.497 e. The van der Waals surface area contributed by atoms with Crippen LogP contribution in [0.25, 0.3) is 0 Å². The summed E-state index contributed by atoms with van der Waals surface area (Å²) in [6.45, 7) is 2.91. The summed E-state index contributed by atoms with van der Waals surface area (Å²) in [6.07, 6.45) is 0.753. The molecule has 1 aliphatic heterocycles. The van der Waals surface area contributed by atoms with Gasteiger partial charge in [0.25, 0.3) is 0 Å². The zero-order valence-electron chi connectivity index (χ0n) is 20.3. The van der Waals surface area contributed by atoms with Crippen LogP contribution in [0.5, 0.6) is 11.5 Å². The summed E-state index contributed by atoms with van der Waals surface area (Å²) in [4.78, 5) is 32.8. The van der Waals surface area contributed by atoms with E-state index in [1.54, 1.807) is 24.1 Å². The Morgan fingerprint density at radius 1 is 1.06 bits per heavy atom. The summed E-state index contributed by atoms with van der Waals surface area (Å²) in [5.74, 6) is 1.10. The molecule has 1 saturated heterocycles. The van der Waals surface area contributed by atoms with E-state index in [1.807, 2.05) is 73.7 Å². The minimum atomic E-state index is -0.590. The van der Waals surface area contributed by atoms with Gasteiger partial charge in [-0.3, -0.25) is 14.5 Å². The van der Waals surface area contributed by atoms with Gasteiger partial charge in [-0.25, -0.2) is 4.99 Å². The molecule has 1 heterocycles. The number of aliphatic imine (C=N–C) groups is 1. The van der Waals surface area contributed by atoms with Crippen LogP contribution in [0.2, 0.25) is 0 Å². The Morgan fingerprint density at radius 3 is 2.56 bits per heavy atom. The predicted molar refractivity (Wildman–Crippen MR) is 144 cm³/mol. The monoisotopic (exact) mass is 503 g/mol. The van der Waals surface area contributed by atoms with Crippen LogP contribution in [0, 0.1) is 0 Å². The number of ether oxygens (including phenoxy) is 2. The van der Waals surface area contributed by atoms with Crippen LogP contribution in [-0.2, 0) is 16.0 Å². The number of methoxy groups -OCH3 is 1. The highest BCUT2D eigenvalue weighted by Gasteiger charge is 2.35. The predicted octanol–water partition coefficient (Wildman–Crippen LogP) is 5.30. The van der Waals surface area contributed by atoms with Crippen molar-refractivity contribution in [1.29, 1.82) is 0 Å². The fourth-order valence-electron chi connectivity index (χ4n) is 3.76. The molecular weight excluding hydrogens is 474 g/mol. The topological polar surface area (TPSA) is 80.2 Å². The van der Waals surface area contributed by atoms with Gasteiger partial charge >= 0.3 is 0 Å². The van der Waals surface area contributed by atoms with E-state index >= 15 is 0 Å². The van der Waals surface area contributed by atoms with Crippen LogP contribution < -0.4 is 14.8 Å².